The smallest absolute Gasteiger partial charge is 0.307 e. The number of aryl methyl sites for hydroxylation is 2. The largest absolute Gasteiger partial charge is 0.481 e. The van der Waals surface area contributed by atoms with Gasteiger partial charge in [-0.15, -0.1) is 0 Å². The van der Waals surface area contributed by atoms with Crippen LogP contribution in [0.5, 0.6) is 11.5 Å². The second-order valence-corrected chi connectivity index (χ2v) is 6.93. The van der Waals surface area contributed by atoms with Crippen molar-refractivity contribution in [3.05, 3.63) is 58.2 Å². The number of unbranched alkanes of at least 4 members (excludes halogenated alkanes) is 1. The van der Waals surface area contributed by atoms with Gasteiger partial charge in [-0.05, 0) is 60.7 Å². The number of hydrogen-bond acceptors (Lipinski definition) is 2. The number of aromatic nitrogens is 1. The number of hydrogen-bond donors (Lipinski definition) is 2. The second-order valence-electron chi connectivity index (χ2n) is 6.52. The van der Waals surface area contributed by atoms with Crippen molar-refractivity contribution in [3.63, 3.8) is 0 Å². The lowest BCUT2D eigenvalue weighted by molar-refractivity contribution is -0.136. The summed E-state index contributed by atoms with van der Waals surface area (Å²) in [6, 6.07) is 9.39. The molecule has 0 radical (unpaired) electrons. The molecule has 2 aromatic carbocycles. The minimum atomic E-state index is -0.883. The minimum absolute atomic E-state index is 0.0586. The van der Waals surface area contributed by atoms with Gasteiger partial charge in [0.05, 0.1) is 11.4 Å². The Morgan fingerprint density at radius 3 is 2.77 bits per heavy atom. The molecule has 4 nitrogen and oxygen atoms in total. The Morgan fingerprint density at radius 1 is 1.27 bits per heavy atom. The van der Waals surface area contributed by atoms with Crippen molar-refractivity contribution in [2.45, 2.75) is 39.5 Å². The lowest BCUT2D eigenvalue weighted by atomic mass is 10.1. The summed E-state index contributed by atoms with van der Waals surface area (Å²) in [6.07, 6.45) is 5.33. The fourth-order valence-electron chi connectivity index (χ4n) is 3.12. The predicted octanol–water partition coefficient (Wildman–Crippen LogP) is 5.89. The molecule has 26 heavy (non-hydrogen) atoms. The first-order chi connectivity index (χ1) is 12.5. The van der Waals surface area contributed by atoms with Gasteiger partial charge in [0, 0.05) is 17.1 Å². The zero-order valence-corrected chi connectivity index (χ0v) is 15.7. The predicted molar refractivity (Wildman–Crippen MR) is 105 cm³/mol. The molecule has 1 heterocycles. The molecule has 0 fully saturated rings. The number of nitrogens with one attached hydrogen (secondary N) is 1. The highest BCUT2D eigenvalue weighted by Crippen LogP contribution is 2.35. The first-order valence-corrected chi connectivity index (χ1v) is 9.14. The number of halogens is 1. The lowest BCUT2D eigenvalue weighted by Crippen LogP contribution is -2.01. The van der Waals surface area contributed by atoms with Crippen LogP contribution in [0.15, 0.2) is 36.5 Å². The van der Waals surface area contributed by atoms with Crippen LogP contribution in [-0.4, -0.2) is 16.1 Å². The van der Waals surface area contributed by atoms with E-state index in [2.05, 4.69) is 18.1 Å². The van der Waals surface area contributed by atoms with Crippen LogP contribution in [0.3, 0.4) is 0 Å². The number of carboxylic acid groups (broad SMARTS) is 1. The third-order valence-electron chi connectivity index (χ3n) is 4.40. The molecule has 0 saturated carbocycles. The number of carbonyl (C=O) groups is 1. The molecular weight excluding hydrogens is 350 g/mol. The maximum absolute atomic E-state index is 10.9. The van der Waals surface area contributed by atoms with E-state index in [1.807, 2.05) is 25.1 Å². The van der Waals surface area contributed by atoms with Crippen LogP contribution in [0.1, 0.15) is 36.5 Å². The van der Waals surface area contributed by atoms with Gasteiger partial charge in [-0.1, -0.05) is 31.0 Å². The van der Waals surface area contributed by atoms with Gasteiger partial charge in [0.25, 0.3) is 0 Å². The van der Waals surface area contributed by atoms with E-state index < -0.39 is 5.97 Å². The molecule has 3 rings (SSSR count). The Hall–Kier alpha value is -2.46. The number of H-pyrrole nitrogens is 1. The van der Waals surface area contributed by atoms with E-state index in [9.17, 15) is 4.79 Å². The monoisotopic (exact) mass is 371 g/mol. The Bertz CT molecular complexity index is 923. The van der Waals surface area contributed by atoms with Gasteiger partial charge >= 0.3 is 5.97 Å². The second kappa shape index (κ2) is 7.83. The normalized spacial score (nSPS) is 11.0. The zero-order chi connectivity index (χ0) is 18.7. The molecule has 0 bridgehead atoms. The van der Waals surface area contributed by atoms with Crippen LogP contribution in [0.25, 0.3) is 10.9 Å². The number of aromatic amines is 1. The van der Waals surface area contributed by atoms with Crippen LogP contribution in [0.4, 0.5) is 0 Å². The van der Waals surface area contributed by atoms with Gasteiger partial charge in [-0.2, -0.15) is 0 Å². The summed E-state index contributed by atoms with van der Waals surface area (Å²) in [4.78, 5) is 14.2. The van der Waals surface area contributed by atoms with E-state index in [1.54, 1.807) is 12.1 Å². The quantitative estimate of drug-likeness (QED) is 0.544. The first kappa shape index (κ1) is 18.3. The molecule has 0 aliphatic rings. The molecule has 0 unspecified atom stereocenters. The highest BCUT2D eigenvalue weighted by molar-refractivity contribution is 6.32. The average Bonchev–Trinajstić information content (AvgIpc) is 2.98. The molecule has 0 atom stereocenters. The van der Waals surface area contributed by atoms with E-state index >= 15 is 0 Å². The number of rotatable bonds is 7. The SMILES string of the molecule is CCCCc1c[nH]c2ccc(Oc3c(C)cc(CC(=O)O)cc3Cl)cc12. The molecule has 1 aromatic heterocycles. The highest BCUT2D eigenvalue weighted by atomic mass is 35.5. The fraction of sp³-hybridized carbons (Fsp3) is 0.286. The summed E-state index contributed by atoms with van der Waals surface area (Å²) in [5.74, 6) is 0.392. The Kier molecular flexibility index (Phi) is 5.52. The molecule has 0 amide bonds. The highest BCUT2D eigenvalue weighted by Gasteiger charge is 2.12. The minimum Gasteiger partial charge on any atom is -0.481 e. The van der Waals surface area contributed by atoms with Gasteiger partial charge < -0.3 is 14.8 Å². The fourth-order valence-corrected chi connectivity index (χ4v) is 3.45. The zero-order valence-electron chi connectivity index (χ0n) is 14.9. The van der Waals surface area contributed by atoms with Crippen molar-refractivity contribution in [2.24, 2.45) is 0 Å². The van der Waals surface area contributed by atoms with Crippen LogP contribution in [-0.2, 0) is 17.6 Å². The summed E-state index contributed by atoms with van der Waals surface area (Å²) < 4.78 is 6.04. The van der Waals surface area contributed by atoms with E-state index in [1.165, 1.54) is 5.56 Å². The van der Waals surface area contributed by atoms with E-state index in [4.69, 9.17) is 21.4 Å². The Morgan fingerprint density at radius 2 is 2.08 bits per heavy atom. The van der Waals surface area contributed by atoms with Crippen LogP contribution in [0, 0.1) is 6.92 Å². The number of fused-ring (bicyclic) bond motifs is 1. The number of carboxylic acids is 1. The van der Waals surface area contributed by atoms with Gasteiger partial charge in [-0.3, -0.25) is 4.79 Å². The van der Waals surface area contributed by atoms with Gasteiger partial charge in [0.15, 0.2) is 0 Å². The summed E-state index contributed by atoms with van der Waals surface area (Å²) in [5.41, 5.74) is 3.85. The molecular formula is C21H22ClNO3. The molecule has 3 aromatic rings. The Labute approximate surface area is 157 Å². The number of ether oxygens (including phenoxy) is 1. The van der Waals surface area contributed by atoms with E-state index in [0.717, 1.165) is 35.7 Å². The van der Waals surface area contributed by atoms with Crippen molar-refractivity contribution in [1.82, 2.24) is 4.98 Å². The molecule has 0 spiro atoms. The maximum atomic E-state index is 10.9. The average molecular weight is 372 g/mol. The maximum Gasteiger partial charge on any atom is 0.307 e. The summed E-state index contributed by atoms with van der Waals surface area (Å²) in [7, 11) is 0. The molecule has 0 saturated heterocycles. The third-order valence-corrected chi connectivity index (χ3v) is 4.68. The van der Waals surface area contributed by atoms with Crippen LogP contribution in [0.2, 0.25) is 5.02 Å². The third kappa shape index (κ3) is 4.02. The summed E-state index contributed by atoms with van der Waals surface area (Å²) in [6.45, 7) is 4.05. The van der Waals surface area contributed by atoms with Gasteiger partial charge in [-0.25, -0.2) is 0 Å². The van der Waals surface area contributed by atoms with Crippen LogP contribution < -0.4 is 4.74 Å². The van der Waals surface area contributed by atoms with Crippen molar-refractivity contribution in [2.75, 3.05) is 0 Å². The molecule has 0 aliphatic heterocycles. The van der Waals surface area contributed by atoms with Crippen LogP contribution >= 0.6 is 11.6 Å². The van der Waals surface area contributed by atoms with Gasteiger partial charge in [0.1, 0.15) is 11.5 Å². The molecule has 0 aliphatic carbocycles. The van der Waals surface area contributed by atoms with Crippen molar-refractivity contribution >= 4 is 28.5 Å². The topological polar surface area (TPSA) is 62.3 Å². The van der Waals surface area contributed by atoms with E-state index in [0.29, 0.717) is 22.1 Å². The first-order valence-electron chi connectivity index (χ1n) is 8.76. The van der Waals surface area contributed by atoms with E-state index in [-0.39, 0.29) is 6.42 Å². The van der Waals surface area contributed by atoms with Crippen molar-refractivity contribution in [1.29, 1.82) is 0 Å². The van der Waals surface area contributed by atoms with Crippen molar-refractivity contribution in [3.8, 4) is 11.5 Å². The summed E-state index contributed by atoms with van der Waals surface area (Å²) >= 11 is 6.34. The lowest BCUT2D eigenvalue weighted by Gasteiger charge is -2.12. The van der Waals surface area contributed by atoms with Crippen molar-refractivity contribution < 1.29 is 14.6 Å². The van der Waals surface area contributed by atoms with Gasteiger partial charge in [0.2, 0.25) is 0 Å². The Balaban J connectivity index is 1.89. The number of benzene rings is 2. The summed E-state index contributed by atoms with van der Waals surface area (Å²) in [5, 5.41) is 10.5. The molecule has 136 valence electrons. The molecule has 2 N–H and O–H groups in total. The molecule has 5 heteroatoms. The standard InChI is InChI=1S/C21H22ClNO3/c1-3-4-5-15-12-23-19-7-6-16(11-17(15)19)26-21-13(2)8-14(9-18(21)22)10-20(24)25/h6-9,11-12,23H,3-5,10H2,1-2H3,(H,24,25). The number of aliphatic carboxylic acids is 1.